The third-order valence-corrected chi connectivity index (χ3v) is 3.16. The van der Waals surface area contributed by atoms with Gasteiger partial charge in [0.25, 0.3) is 5.91 Å². The van der Waals surface area contributed by atoms with E-state index in [0.717, 1.165) is 30.4 Å². The predicted octanol–water partition coefficient (Wildman–Crippen LogP) is 2.82. The first-order chi connectivity index (χ1) is 8.58. The third kappa shape index (κ3) is 2.59. The molecule has 1 aliphatic carbocycles. The van der Waals surface area contributed by atoms with E-state index in [1.807, 2.05) is 6.92 Å². The van der Waals surface area contributed by atoms with Crippen LogP contribution >= 0.6 is 0 Å². The van der Waals surface area contributed by atoms with Gasteiger partial charge in [0, 0.05) is 11.3 Å². The molecule has 1 amide bonds. The van der Waals surface area contributed by atoms with Gasteiger partial charge >= 0.3 is 5.97 Å². The summed E-state index contributed by atoms with van der Waals surface area (Å²) in [4.78, 5) is 22.7. The Balaban J connectivity index is 2.08. The number of anilines is 1. The second-order valence-electron chi connectivity index (χ2n) is 4.45. The number of carboxylic acid groups (broad SMARTS) is 1. The summed E-state index contributed by atoms with van der Waals surface area (Å²) in [6.45, 7) is 1.98. The number of carbonyl (C=O) groups is 2. The minimum absolute atomic E-state index is 0.0759. The van der Waals surface area contributed by atoms with Crippen molar-refractivity contribution in [2.75, 3.05) is 5.32 Å². The average Bonchev–Trinajstić information content (AvgIpc) is 2.76. The van der Waals surface area contributed by atoms with Crippen LogP contribution in [0.25, 0.3) is 0 Å². The van der Waals surface area contributed by atoms with E-state index in [1.54, 1.807) is 12.1 Å². The van der Waals surface area contributed by atoms with Gasteiger partial charge in [0.05, 0.1) is 5.56 Å². The van der Waals surface area contributed by atoms with Crippen molar-refractivity contribution in [2.45, 2.75) is 26.2 Å². The van der Waals surface area contributed by atoms with Crippen LogP contribution < -0.4 is 5.32 Å². The van der Waals surface area contributed by atoms with E-state index in [4.69, 9.17) is 5.11 Å². The molecule has 0 aliphatic heterocycles. The number of allylic oxidation sites excluding steroid dienone is 1. The predicted molar refractivity (Wildman–Crippen MR) is 68.6 cm³/mol. The Morgan fingerprint density at radius 2 is 1.83 bits per heavy atom. The molecule has 0 unspecified atom stereocenters. The topological polar surface area (TPSA) is 66.4 Å². The maximum absolute atomic E-state index is 12.0. The number of aromatic carboxylic acids is 1. The Bertz CT molecular complexity index is 514. The lowest BCUT2D eigenvalue weighted by Crippen LogP contribution is -2.14. The number of rotatable bonds is 3. The molecule has 0 aromatic heterocycles. The van der Waals surface area contributed by atoms with E-state index >= 15 is 0 Å². The molecular weight excluding hydrogens is 230 g/mol. The van der Waals surface area contributed by atoms with Crippen molar-refractivity contribution >= 4 is 17.6 Å². The van der Waals surface area contributed by atoms with Crippen LogP contribution in [-0.2, 0) is 4.79 Å². The first-order valence-corrected chi connectivity index (χ1v) is 5.91. The van der Waals surface area contributed by atoms with E-state index < -0.39 is 5.97 Å². The maximum Gasteiger partial charge on any atom is 0.335 e. The summed E-state index contributed by atoms with van der Waals surface area (Å²) in [5.74, 6) is -1.05. The summed E-state index contributed by atoms with van der Waals surface area (Å²) < 4.78 is 0. The van der Waals surface area contributed by atoms with Gasteiger partial charge in [-0.1, -0.05) is 5.57 Å². The van der Waals surface area contributed by atoms with Crippen LogP contribution in [0.4, 0.5) is 5.69 Å². The number of hydrogen-bond acceptors (Lipinski definition) is 2. The first-order valence-electron chi connectivity index (χ1n) is 5.91. The summed E-state index contributed by atoms with van der Waals surface area (Å²) in [5, 5.41) is 11.6. The Morgan fingerprint density at radius 3 is 2.33 bits per heavy atom. The molecule has 0 spiro atoms. The lowest BCUT2D eigenvalue weighted by molar-refractivity contribution is -0.113. The van der Waals surface area contributed by atoms with E-state index in [2.05, 4.69) is 5.32 Å². The zero-order valence-corrected chi connectivity index (χ0v) is 10.2. The van der Waals surface area contributed by atoms with E-state index in [-0.39, 0.29) is 11.5 Å². The van der Waals surface area contributed by atoms with Gasteiger partial charge in [-0.15, -0.1) is 0 Å². The van der Waals surface area contributed by atoms with E-state index in [9.17, 15) is 9.59 Å². The van der Waals surface area contributed by atoms with Crippen LogP contribution in [0.2, 0.25) is 0 Å². The van der Waals surface area contributed by atoms with Crippen molar-refractivity contribution in [2.24, 2.45) is 0 Å². The van der Waals surface area contributed by atoms with Crippen molar-refractivity contribution in [3.8, 4) is 0 Å². The molecule has 94 valence electrons. The zero-order valence-electron chi connectivity index (χ0n) is 10.2. The highest BCUT2D eigenvalue weighted by Crippen LogP contribution is 2.26. The smallest absolute Gasteiger partial charge is 0.335 e. The van der Waals surface area contributed by atoms with Gasteiger partial charge in [0.15, 0.2) is 0 Å². The number of hydrogen-bond donors (Lipinski definition) is 2. The van der Waals surface area contributed by atoms with E-state index in [1.165, 1.54) is 12.1 Å². The summed E-state index contributed by atoms with van der Waals surface area (Å²) >= 11 is 0. The number of carboxylic acids is 1. The molecule has 18 heavy (non-hydrogen) atoms. The molecule has 1 aliphatic rings. The molecule has 0 bridgehead atoms. The van der Waals surface area contributed by atoms with Gasteiger partial charge in [-0.05, 0) is 50.5 Å². The molecule has 4 heteroatoms. The Kier molecular flexibility index (Phi) is 3.46. The fraction of sp³-hybridized carbons (Fsp3) is 0.286. The normalized spacial score (nSPS) is 14.7. The molecule has 1 aromatic rings. The summed E-state index contributed by atoms with van der Waals surface area (Å²) in [6, 6.07) is 6.17. The van der Waals surface area contributed by atoms with Crippen LogP contribution in [0.1, 0.15) is 36.5 Å². The number of amides is 1. The maximum atomic E-state index is 12.0. The van der Waals surface area contributed by atoms with Crippen LogP contribution in [-0.4, -0.2) is 17.0 Å². The van der Waals surface area contributed by atoms with Crippen LogP contribution in [0, 0.1) is 0 Å². The molecular formula is C14H15NO3. The average molecular weight is 245 g/mol. The van der Waals surface area contributed by atoms with Crippen molar-refractivity contribution in [1.82, 2.24) is 0 Å². The van der Waals surface area contributed by atoms with Gasteiger partial charge in [0.1, 0.15) is 0 Å². The van der Waals surface area contributed by atoms with Gasteiger partial charge in [-0.2, -0.15) is 0 Å². The standard InChI is InChI=1S/C14H15NO3/c1-9-3-2-4-12(9)13(16)15-11-7-5-10(6-8-11)14(17)18/h5-8H,2-4H2,1H3,(H,15,16)(H,17,18). The highest BCUT2D eigenvalue weighted by atomic mass is 16.4. The van der Waals surface area contributed by atoms with Crippen LogP contribution in [0.5, 0.6) is 0 Å². The van der Waals surface area contributed by atoms with Crippen LogP contribution in [0.15, 0.2) is 35.4 Å². The lowest BCUT2D eigenvalue weighted by atomic mass is 10.1. The molecule has 2 N–H and O–H groups in total. The highest BCUT2D eigenvalue weighted by molar-refractivity contribution is 6.04. The molecule has 2 rings (SSSR count). The fourth-order valence-electron chi connectivity index (χ4n) is 2.10. The second kappa shape index (κ2) is 5.04. The molecule has 0 saturated carbocycles. The van der Waals surface area contributed by atoms with Gasteiger partial charge in [-0.3, -0.25) is 4.79 Å². The SMILES string of the molecule is CC1=C(C(=O)Nc2ccc(C(=O)O)cc2)CCC1. The third-order valence-electron chi connectivity index (χ3n) is 3.16. The number of nitrogens with one attached hydrogen (secondary N) is 1. The summed E-state index contributed by atoms with van der Waals surface area (Å²) in [5.41, 5.74) is 2.84. The van der Waals surface area contributed by atoms with Gasteiger partial charge < -0.3 is 10.4 Å². The largest absolute Gasteiger partial charge is 0.478 e. The minimum Gasteiger partial charge on any atom is -0.478 e. The second-order valence-corrected chi connectivity index (χ2v) is 4.45. The first kappa shape index (κ1) is 12.4. The molecule has 0 saturated heterocycles. The minimum atomic E-state index is -0.970. The summed E-state index contributed by atoms with van der Waals surface area (Å²) in [7, 11) is 0. The lowest BCUT2D eigenvalue weighted by Gasteiger charge is -2.07. The Hall–Kier alpha value is -2.10. The molecule has 0 atom stereocenters. The quantitative estimate of drug-likeness (QED) is 0.860. The molecule has 4 nitrogen and oxygen atoms in total. The molecule has 0 heterocycles. The Morgan fingerprint density at radius 1 is 1.17 bits per heavy atom. The van der Waals surface area contributed by atoms with Crippen molar-refractivity contribution < 1.29 is 14.7 Å². The highest BCUT2D eigenvalue weighted by Gasteiger charge is 2.17. The number of carbonyl (C=O) groups excluding carboxylic acids is 1. The monoisotopic (exact) mass is 245 g/mol. The Labute approximate surface area is 105 Å². The van der Waals surface area contributed by atoms with Gasteiger partial charge in [0.2, 0.25) is 0 Å². The van der Waals surface area contributed by atoms with Crippen LogP contribution in [0.3, 0.4) is 0 Å². The molecule has 0 radical (unpaired) electrons. The van der Waals surface area contributed by atoms with Crippen molar-refractivity contribution in [3.63, 3.8) is 0 Å². The fourth-order valence-corrected chi connectivity index (χ4v) is 2.10. The van der Waals surface area contributed by atoms with E-state index in [0.29, 0.717) is 5.69 Å². The van der Waals surface area contributed by atoms with Crippen molar-refractivity contribution in [3.05, 3.63) is 41.0 Å². The number of benzene rings is 1. The van der Waals surface area contributed by atoms with Gasteiger partial charge in [-0.25, -0.2) is 4.79 Å². The zero-order chi connectivity index (χ0) is 13.1. The summed E-state index contributed by atoms with van der Waals surface area (Å²) in [6.07, 6.45) is 2.85. The van der Waals surface area contributed by atoms with Crippen molar-refractivity contribution in [1.29, 1.82) is 0 Å². The molecule has 1 aromatic carbocycles. The molecule has 0 fully saturated rings.